The molecule has 154 valence electrons. The first-order valence-corrected chi connectivity index (χ1v) is 11.8. The van der Waals surface area contributed by atoms with Crippen LogP contribution in [0.25, 0.3) is 11.0 Å². The number of piperidine rings is 1. The van der Waals surface area contributed by atoms with Crippen molar-refractivity contribution in [3.63, 3.8) is 0 Å². The number of aromatic nitrogens is 3. The second-order valence-corrected chi connectivity index (χ2v) is 11.0. The van der Waals surface area contributed by atoms with Crippen LogP contribution in [0.4, 0.5) is 0 Å². The summed E-state index contributed by atoms with van der Waals surface area (Å²) in [6.45, 7) is 11.1. The number of hydrogen-bond donors (Lipinski definition) is 0. The third kappa shape index (κ3) is 4.51. The number of imidazole rings is 1. The number of carbonyl (C=O) groups is 1. The Labute approximate surface area is 180 Å². The van der Waals surface area contributed by atoms with Gasteiger partial charge in [-0.1, -0.05) is 32.5 Å². The first kappa shape index (κ1) is 20.4. The van der Waals surface area contributed by atoms with Crippen molar-refractivity contribution < 1.29 is 4.79 Å². The summed E-state index contributed by atoms with van der Waals surface area (Å²) in [5.74, 6) is 1.91. The predicted octanol–water partition coefficient (Wildman–Crippen LogP) is 5.20. The Kier molecular flexibility index (Phi) is 5.71. The predicted molar refractivity (Wildman–Crippen MR) is 120 cm³/mol. The Balaban J connectivity index is 1.62. The lowest BCUT2D eigenvalue weighted by molar-refractivity contribution is -0.130. The lowest BCUT2D eigenvalue weighted by Gasteiger charge is -2.32. The number of rotatable bonds is 4. The zero-order valence-electron chi connectivity index (χ0n) is 17.5. The van der Waals surface area contributed by atoms with Crippen LogP contribution in [0.5, 0.6) is 0 Å². The largest absolute Gasteiger partial charge is 0.343 e. The van der Waals surface area contributed by atoms with E-state index in [2.05, 4.69) is 48.5 Å². The maximum absolute atomic E-state index is 11.6. The van der Waals surface area contributed by atoms with Crippen molar-refractivity contribution in [2.75, 3.05) is 13.1 Å². The summed E-state index contributed by atoms with van der Waals surface area (Å²) in [7, 11) is 0. The number of fused-ring (bicyclic) bond motifs is 1. The lowest BCUT2D eigenvalue weighted by atomic mass is 9.93. The van der Waals surface area contributed by atoms with Crippen LogP contribution >= 0.6 is 23.1 Å². The first-order chi connectivity index (χ1) is 13.8. The number of nitrogens with zero attached hydrogens (tertiary/aromatic N) is 4. The highest BCUT2D eigenvalue weighted by Crippen LogP contribution is 2.34. The Morgan fingerprint density at radius 3 is 2.66 bits per heavy atom. The third-order valence-electron chi connectivity index (χ3n) is 5.51. The van der Waals surface area contributed by atoms with Crippen molar-refractivity contribution in [3.05, 3.63) is 35.6 Å². The molecule has 1 saturated heterocycles. The molecule has 1 fully saturated rings. The molecule has 0 bridgehead atoms. The Bertz CT molecular complexity index is 996. The molecule has 0 saturated carbocycles. The summed E-state index contributed by atoms with van der Waals surface area (Å²) in [6.07, 6.45) is 3.96. The molecule has 0 N–H and O–H groups in total. The topological polar surface area (TPSA) is 51.0 Å². The smallest absolute Gasteiger partial charge is 0.219 e. The molecule has 1 aliphatic rings. The van der Waals surface area contributed by atoms with Crippen LogP contribution in [0.1, 0.15) is 46.4 Å². The van der Waals surface area contributed by atoms with Gasteiger partial charge in [0.15, 0.2) is 4.34 Å². The Morgan fingerprint density at radius 2 is 2.03 bits per heavy atom. The van der Waals surface area contributed by atoms with Crippen molar-refractivity contribution in [2.45, 2.75) is 61.7 Å². The van der Waals surface area contributed by atoms with E-state index in [-0.39, 0.29) is 11.3 Å². The van der Waals surface area contributed by atoms with Gasteiger partial charge in [-0.3, -0.25) is 4.79 Å². The molecule has 0 atom stereocenters. The average Bonchev–Trinajstić information content (AvgIpc) is 3.30. The molecule has 0 aliphatic carbocycles. The molecule has 1 aromatic carbocycles. The highest BCUT2D eigenvalue weighted by atomic mass is 32.2. The maximum Gasteiger partial charge on any atom is 0.219 e. The van der Waals surface area contributed by atoms with Gasteiger partial charge in [-0.25, -0.2) is 9.97 Å². The van der Waals surface area contributed by atoms with Crippen LogP contribution in [-0.4, -0.2) is 38.4 Å². The van der Waals surface area contributed by atoms with Gasteiger partial charge in [0.2, 0.25) is 5.91 Å². The quantitative estimate of drug-likeness (QED) is 0.573. The molecule has 5 nitrogen and oxygen atoms in total. The van der Waals surface area contributed by atoms with Crippen molar-refractivity contribution in [3.8, 4) is 0 Å². The fourth-order valence-corrected chi connectivity index (χ4v) is 5.61. The molecule has 2 aromatic heterocycles. The molecule has 3 aromatic rings. The van der Waals surface area contributed by atoms with Gasteiger partial charge < -0.3 is 9.47 Å². The number of thiazole rings is 1. The van der Waals surface area contributed by atoms with Crippen LogP contribution in [0.3, 0.4) is 0 Å². The van der Waals surface area contributed by atoms with E-state index in [4.69, 9.17) is 4.98 Å². The third-order valence-corrected chi connectivity index (χ3v) is 7.38. The van der Waals surface area contributed by atoms with Crippen LogP contribution < -0.4 is 0 Å². The minimum Gasteiger partial charge on any atom is -0.343 e. The van der Waals surface area contributed by atoms with Crippen molar-refractivity contribution in [1.29, 1.82) is 0 Å². The van der Waals surface area contributed by atoms with Gasteiger partial charge in [0.05, 0.1) is 11.0 Å². The number of likely N-dealkylation sites (tertiary alicyclic amines) is 1. The van der Waals surface area contributed by atoms with E-state index >= 15 is 0 Å². The molecule has 29 heavy (non-hydrogen) atoms. The molecule has 1 amide bonds. The van der Waals surface area contributed by atoms with E-state index in [0.29, 0.717) is 5.92 Å². The fourth-order valence-electron chi connectivity index (χ4n) is 3.98. The summed E-state index contributed by atoms with van der Waals surface area (Å²) in [6, 6.07) is 6.57. The first-order valence-electron chi connectivity index (χ1n) is 10.1. The van der Waals surface area contributed by atoms with E-state index < -0.39 is 0 Å². The molecule has 3 heterocycles. The van der Waals surface area contributed by atoms with E-state index in [0.717, 1.165) is 48.2 Å². The number of benzene rings is 1. The van der Waals surface area contributed by atoms with Gasteiger partial charge in [0.25, 0.3) is 0 Å². The second-order valence-electron chi connectivity index (χ2n) is 8.80. The van der Waals surface area contributed by atoms with E-state index in [9.17, 15) is 4.79 Å². The monoisotopic (exact) mass is 428 g/mol. The number of amides is 1. The van der Waals surface area contributed by atoms with Gasteiger partial charge in [0.1, 0.15) is 5.82 Å². The Hall–Kier alpha value is -1.86. The minimum absolute atomic E-state index is 0.0261. The summed E-state index contributed by atoms with van der Waals surface area (Å²) in [5, 5.41) is 2.00. The van der Waals surface area contributed by atoms with Crippen LogP contribution in [0, 0.1) is 5.92 Å². The van der Waals surface area contributed by atoms with Gasteiger partial charge in [-0.2, -0.15) is 0 Å². The zero-order chi connectivity index (χ0) is 20.6. The van der Waals surface area contributed by atoms with Crippen molar-refractivity contribution in [1.82, 2.24) is 19.4 Å². The SMILES string of the molecule is CC(=O)N1CCC(Cn2c(C(C)(C)C)nc3cc(Sc4nccs4)ccc32)CC1. The molecule has 7 heteroatoms. The van der Waals surface area contributed by atoms with Crippen molar-refractivity contribution >= 4 is 40.0 Å². The molecular formula is C22H28N4OS2. The minimum atomic E-state index is -0.0261. The molecule has 0 spiro atoms. The zero-order valence-corrected chi connectivity index (χ0v) is 19.1. The van der Waals surface area contributed by atoms with Crippen LogP contribution in [-0.2, 0) is 16.8 Å². The molecule has 4 rings (SSSR count). The van der Waals surface area contributed by atoms with Crippen molar-refractivity contribution in [2.24, 2.45) is 5.92 Å². The summed E-state index contributed by atoms with van der Waals surface area (Å²) < 4.78 is 3.47. The van der Waals surface area contributed by atoms with Gasteiger partial charge in [-0.05, 0) is 37.0 Å². The van der Waals surface area contributed by atoms with E-state index in [1.165, 1.54) is 10.4 Å². The normalized spacial score (nSPS) is 15.9. The highest BCUT2D eigenvalue weighted by Gasteiger charge is 2.27. The molecule has 0 radical (unpaired) electrons. The number of carbonyl (C=O) groups excluding carboxylic acids is 1. The van der Waals surface area contributed by atoms with E-state index in [1.54, 1.807) is 30.0 Å². The van der Waals surface area contributed by atoms with Gasteiger partial charge >= 0.3 is 0 Å². The van der Waals surface area contributed by atoms with E-state index in [1.807, 2.05) is 16.5 Å². The van der Waals surface area contributed by atoms with Crippen LogP contribution in [0.2, 0.25) is 0 Å². The molecule has 0 unspecified atom stereocenters. The molecular weight excluding hydrogens is 400 g/mol. The summed E-state index contributed by atoms with van der Waals surface area (Å²) in [5.41, 5.74) is 2.23. The maximum atomic E-state index is 11.6. The number of hydrogen-bond acceptors (Lipinski definition) is 5. The summed E-state index contributed by atoms with van der Waals surface area (Å²) >= 11 is 3.35. The van der Waals surface area contributed by atoms with Crippen LogP contribution in [0.15, 0.2) is 39.0 Å². The second kappa shape index (κ2) is 8.11. The average molecular weight is 429 g/mol. The highest BCUT2D eigenvalue weighted by molar-refractivity contribution is 8.01. The summed E-state index contributed by atoms with van der Waals surface area (Å²) in [4.78, 5) is 24.2. The molecule has 1 aliphatic heterocycles. The van der Waals surface area contributed by atoms with Gasteiger partial charge in [-0.15, -0.1) is 11.3 Å². The lowest BCUT2D eigenvalue weighted by Crippen LogP contribution is -2.38. The Morgan fingerprint density at radius 1 is 1.28 bits per heavy atom. The fraction of sp³-hybridized carbons (Fsp3) is 0.500. The standard InChI is InChI=1S/C22H28N4OS2/c1-15(27)25-10-7-16(8-11-25)14-26-19-6-5-17(29-21-23-9-12-28-21)13-18(19)24-20(26)22(2,3)4/h5-6,9,12-13,16H,7-8,10-11,14H2,1-4H3. The van der Waals surface area contributed by atoms with Gasteiger partial charge in [0, 0.05) is 48.4 Å².